The Kier molecular flexibility index (Phi) is 4.76. The number of hydrogen-bond acceptors (Lipinski definition) is 1. The van der Waals surface area contributed by atoms with Gasteiger partial charge in [-0.1, -0.05) is 65.8 Å². The maximum Gasteiger partial charge on any atom is 0.0166 e. The minimum atomic E-state index is -0.198. The summed E-state index contributed by atoms with van der Waals surface area (Å²) in [4.78, 5) is 0. The fraction of sp³-hybridized carbons (Fsp3) is 0.684. The van der Waals surface area contributed by atoms with Crippen LogP contribution in [0.3, 0.4) is 0 Å². The van der Waals surface area contributed by atoms with E-state index in [2.05, 4.69) is 79.7 Å². The van der Waals surface area contributed by atoms with Gasteiger partial charge in [-0.05, 0) is 42.2 Å². The molecule has 0 fully saturated rings. The molecule has 20 heavy (non-hydrogen) atoms. The van der Waals surface area contributed by atoms with Crippen LogP contribution >= 0.6 is 0 Å². The summed E-state index contributed by atoms with van der Waals surface area (Å²) in [6.07, 6.45) is 1.10. The highest BCUT2D eigenvalue weighted by atomic mass is 14.7. The third-order valence-electron chi connectivity index (χ3n) is 3.89. The SMILES string of the molecule is CC(C)(C)CC(c1ccc(C(C)(C)C)cc1)C(C)(C)N. The second-order valence-electron chi connectivity index (χ2n) is 9.01. The quantitative estimate of drug-likeness (QED) is 0.802. The summed E-state index contributed by atoms with van der Waals surface area (Å²) in [5.74, 6) is 0.386. The van der Waals surface area contributed by atoms with Crippen LogP contribution in [0.1, 0.15) is 78.9 Å². The molecule has 1 rings (SSSR count). The van der Waals surface area contributed by atoms with Gasteiger partial charge in [-0.3, -0.25) is 0 Å². The molecule has 0 spiro atoms. The van der Waals surface area contributed by atoms with E-state index in [9.17, 15) is 0 Å². The van der Waals surface area contributed by atoms with Crippen LogP contribution in [0.25, 0.3) is 0 Å². The highest BCUT2D eigenvalue weighted by molar-refractivity contribution is 5.31. The van der Waals surface area contributed by atoms with Gasteiger partial charge in [0.2, 0.25) is 0 Å². The van der Waals surface area contributed by atoms with Crippen LogP contribution in [0.4, 0.5) is 0 Å². The van der Waals surface area contributed by atoms with E-state index in [0.29, 0.717) is 5.92 Å². The molecule has 0 heterocycles. The fourth-order valence-electron chi connectivity index (χ4n) is 2.64. The number of nitrogens with two attached hydrogens (primary N) is 1. The molecular weight excluding hydrogens is 242 g/mol. The molecule has 0 aromatic heterocycles. The number of rotatable bonds is 3. The molecule has 1 aromatic rings. The van der Waals surface area contributed by atoms with Crippen molar-refractivity contribution in [3.05, 3.63) is 35.4 Å². The first kappa shape index (κ1) is 17.2. The van der Waals surface area contributed by atoms with Crippen LogP contribution < -0.4 is 5.73 Å². The molecule has 1 aromatic carbocycles. The van der Waals surface area contributed by atoms with Gasteiger partial charge in [-0.2, -0.15) is 0 Å². The average Bonchev–Trinajstić information content (AvgIpc) is 2.22. The maximum atomic E-state index is 6.44. The van der Waals surface area contributed by atoms with E-state index in [0.717, 1.165) is 6.42 Å². The monoisotopic (exact) mass is 275 g/mol. The van der Waals surface area contributed by atoms with Crippen molar-refractivity contribution in [1.29, 1.82) is 0 Å². The summed E-state index contributed by atoms with van der Waals surface area (Å²) < 4.78 is 0. The van der Waals surface area contributed by atoms with E-state index in [1.807, 2.05) is 0 Å². The van der Waals surface area contributed by atoms with Crippen LogP contribution in [0, 0.1) is 5.41 Å². The number of benzene rings is 1. The molecule has 0 radical (unpaired) electrons. The van der Waals surface area contributed by atoms with Crippen molar-refractivity contribution in [1.82, 2.24) is 0 Å². The molecule has 1 heteroatoms. The first-order valence-corrected chi connectivity index (χ1v) is 7.70. The molecule has 0 aliphatic rings. The molecule has 114 valence electrons. The highest BCUT2D eigenvalue weighted by Crippen LogP contribution is 2.38. The Balaban J connectivity index is 3.10. The summed E-state index contributed by atoms with van der Waals surface area (Å²) in [6.45, 7) is 17.9. The van der Waals surface area contributed by atoms with Crippen LogP contribution in [0.15, 0.2) is 24.3 Å². The van der Waals surface area contributed by atoms with Gasteiger partial charge in [-0.15, -0.1) is 0 Å². The van der Waals surface area contributed by atoms with E-state index < -0.39 is 0 Å². The van der Waals surface area contributed by atoms with Gasteiger partial charge in [0.05, 0.1) is 0 Å². The lowest BCUT2D eigenvalue weighted by Gasteiger charge is -2.36. The van der Waals surface area contributed by atoms with E-state index >= 15 is 0 Å². The topological polar surface area (TPSA) is 26.0 Å². The molecule has 1 unspecified atom stereocenters. The third kappa shape index (κ3) is 4.94. The Morgan fingerprint density at radius 3 is 1.60 bits per heavy atom. The van der Waals surface area contributed by atoms with Gasteiger partial charge < -0.3 is 5.73 Å². The smallest absolute Gasteiger partial charge is 0.0166 e. The zero-order valence-corrected chi connectivity index (χ0v) is 14.7. The van der Waals surface area contributed by atoms with Crippen LogP contribution in [0.5, 0.6) is 0 Å². The lowest BCUT2D eigenvalue weighted by molar-refractivity contribution is 0.275. The second-order valence-corrected chi connectivity index (χ2v) is 9.01. The largest absolute Gasteiger partial charge is 0.325 e. The maximum absolute atomic E-state index is 6.44. The van der Waals surface area contributed by atoms with Gasteiger partial charge in [0.15, 0.2) is 0 Å². The minimum absolute atomic E-state index is 0.198. The van der Waals surface area contributed by atoms with E-state index in [1.165, 1.54) is 11.1 Å². The highest BCUT2D eigenvalue weighted by Gasteiger charge is 2.31. The summed E-state index contributed by atoms with van der Waals surface area (Å²) in [7, 11) is 0. The Labute approximate surface area is 126 Å². The molecule has 0 aliphatic heterocycles. The first-order valence-electron chi connectivity index (χ1n) is 7.70. The minimum Gasteiger partial charge on any atom is -0.325 e. The first-order chi connectivity index (χ1) is 8.81. The van der Waals surface area contributed by atoms with Gasteiger partial charge in [0.1, 0.15) is 0 Å². The zero-order valence-electron chi connectivity index (χ0n) is 14.7. The molecule has 1 atom stereocenters. The Hall–Kier alpha value is -0.820. The van der Waals surface area contributed by atoms with Gasteiger partial charge in [-0.25, -0.2) is 0 Å². The summed E-state index contributed by atoms with van der Waals surface area (Å²) in [5.41, 5.74) is 9.47. The predicted molar refractivity (Wildman–Crippen MR) is 90.2 cm³/mol. The molecular formula is C19H33N. The standard InChI is InChI=1S/C19H33N/c1-17(2,3)13-16(19(7,8)20)14-9-11-15(12-10-14)18(4,5)6/h9-12,16H,13,20H2,1-8H3. The van der Waals surface area contributed by atoms with Crippen molar-refractivity contribution in [3.63, 3.8) is 0 Å². The lowest BCUT2D eigenvalue weighted by atomic mass is 9.72. The Bertz CT molecular complexity index is 421. The summed E-state index contributed by atoms with van der Waals surface area (Å²) >= 11 is 0. The molecule has 1 nitrogen and oxygen atoms in total. The third-order valence-corrected chi connectivity index (χ3v) is 3.89. The van der Waals surface area contributed by atoms with Gasteiger partial charge >= 0.3 is 0 Å². The molecule has 0 aliphatic carbocycles. The molecule has 0 saturated carbocycles. The molecule has 0 amide bonds. The van der Waals surface area contributed by atoms with Crippen LogP contribution in [0.2, 0.25) is 0 Å². The normalized spacial score (nSPS) is 15.2. The molecule has 0 saturated heterocycles. The van der Waals surface area contributed by atoms with Crippen LogP contribution in [-0.4, -0.2) is 5.54 Å². The fourth-order valence-corrected chi connectivity index (χ4v) is 2.64. The van der Waals surface area contributed by atoms with Crippen molar-refractivity contribution in [2.45, 2.75) is 78.7 Å². The van der Waals surface area contributed by atoms with Crippen LogP contribution in [-0.2, 0) is 5.41 Å². The van der Waals surface area contributed by atoms with Crippen molar-refractivity contribution in [3.8, 4) is 0 Å². The Morgan fingerprint density at radius 2 is 1.30 bits per heavy atom. The number of hydrogen-bond donors (Lipinski definition) is 1. The van der Waals surface area contributed by atoms with E-state index in [1.54, 1.807) is 0 Å². The van der Waals surface area contributed by atoms with E-state index in [-0.39, 0.29) is 16.4 Å². The van der Waals surface area contributed by atoms with Gasteiger partial charge in [0.25, 0.3) is 0 Å². The van der Waals surface area contributed by atoms with Crippen molar-refractivity contribution >= 4 is 0 Å². The van der Waals surface area contributed by atoms with Gasteiger partial charge in [0, 0.05) is 11.5 Å². The molecule has 0 bridgehead atoms. The lowest BCUT2D eigenvalue weighted by Crippen LogP contribution is -2.41. The molecule has 2 N–H and O–H groups in total. The average molecular weight is 275 g/mol. The Morgan fingerprint density at radius 1 is 0.850 bits per heavy atom. The zero-order chi connectivity index (χ0) is 15.8. The summed E-state index contributed by atoms with van der Waals surface area (Å²) in [6, 6.07) is 9.06. The van der Waals surface area contributed by atoms with Crippen molar-refractivity contribution < 1.29 is 0 Å². The van der Waals surface area contributed by atoms with E-state index in [4.69, 9.17) is 5.73 Å². The summed E-state index contributed by atoms with van der Waals surface area (Å²) in [5, 5.41) is 0. The van der Waals surface area contributed by atoms with Crippen molar-refractivity contribution in [2.75, 3.05) is 0 Å². The predicted octanol–water partition coefficient (Wildman–Crippen LogP) is 5.24. The second kappa shape index (κ2) is 5.52. The van der Waals surface area contributed by atoms with Crippen molar-refractivity contribution in [2.24, 2.45) is 11.1 Å².